The van der Waals surface area contributed by atoms with Crippen LogP contribution in [0.1, 0.15) is 50.6 Å². The Morgan fingerprint density at radius 3 is 2.66 bits per heavy atom. The number of aryl methyl sites for hydroxylation is 2. The summed E-state index contributed by atoms with van der Waals surface area (Å²) in [7, 11) is 2.95. The third kappa shape index (κ3) is 4.73. The monoisotopic (exact) mass is 489 g/mol. The minimum Gasteiger partial charge on any atom is -0.497 e. The lowest BCUT2D eigenvalue weighted by atomic mass is 9.95. The number of thiophene rings is 1. The summed E-state index contributed by atoms with van der Waals surface area (Å²) in [4.78, 5) is 26.8. The van der Waals surface area contributed by atoms with Gasteiger partial charge in [-0.15, -0.1) is 11.3 Å². The summed E-state index contributed by atoms with van der Waals surface area (Å²) in [6.07, 6.45) is 5.57. The van der Waals surface area contributed by atoms with Gasteiger partial charge in [-0.25, -0.2) is 4.79 Å². The molecule has 2 aromatic heterocycles. The van der Waals surface area contributed by atoms with E-state index in [2.05, 4.69) is 5.32 Å². The number of hydrogen-bond acceptors (Lipinski definition) is 6. The van der Waals surface area contributed by atoms with Crippen LogP contribution >= 0.6 is 11.3 Å². The van der Waals surface area contributed by atoms with Crippen LogP contribution in [0.2, 0.25) is 0 Å². The average Bonchev–Trinajstić information content (AvgIpc) is 3.37. The maximum Gasteiger partial charge on any atom is 0.341 e. The van der Waals surface area contributed by atoms with Crippen molar-refractivity contribution < 1.29 is 19.1 Å². The molecular weight excluding hydrogens is 462 g/mol. The van der Waals surface area contributed by atoms with E-state index >= 15 is 0 Å². The molecular formula is C27H27N3O4S. The lowest BCUT2D eigenvalue weighted by Gasteiger charge is -2.12. The number of ether oxygens (including phenoxy) is 2. The zero-order valence-corrected chi connectivity index (χ0v) is 21.0. The van der Waals surface area contributed by atoms with E-state index in [1.54, 1.807) is 48.8 Å². The van der Waals surface area contributed by atoms with E-state index in [-0.39, 0.29) is 11.5 Å². The molecule has 180 valence electrons. The highest BCUT2D eigenvalue weighted by atomic mass is 32.1. The van der Waals surface area contributed by atoms with Gasteiger partial charge in [-0.1, -0.05) is 6.07 Å². The summed E-state index contributed by atoms with van der Waals surface area (Å²) < 4.78 is 12.3. The smallest absolute Gasteiger partial charge is 0.341 e. The van der Waals surface area contributed by atoms with E-state index in [9.17, 15) is 14.9 Å². The molecule has 1 aliphatic carbocycles. The molecule has 35 heavy (non-hydrogen) atoms. The molecule has 0 saturated carbocycles. The molecule has 3 aromatic rings. The second-order valence-corrected chi connectivity index (χ2v) is 9.48. The van der Waals surface area contributed by atoms with Gasteiger partial charge in [-0.05, 0) is 74.9 Å². The lowest BCUT2D eigenvalue weighted by molar-refractivity contribution is -0.112. The fourth-order valence-electron chi connectivity index (χ4n) is 4.47. The Bertz CT molecular complexity index is 1370. The Morgan fingerprint density at radius 2 is 1.94 bits per heavy atom. The Kier molecular flexibility index (Phi) is 7.08. The summed E-state index contributed by atoms with van der Waals surface area (Å²) >= 11 is 1.62. The van der Waals surface area contributed by atoms with Crippen molar-refractivity contribution >= 4 is 35.0 Å². The Hall–Kier alpha value is -3.83. The van der Waals surface area contributed by atoms with Gasteiger partial charge in [0.2, 0.25) is 0 Å². The van der Waals surface area contributed by atoms with Gasteiger partial charge in [0.25, 0.3) is 5.91 Å². The molecule has 1 aliphatic rings. The van der Waals surface area contributed by atoms with Gasteiger partial charge in [0.15, 0.2) is 0 Å². The van der Waals surface area contributed by atoms with Gasteiger partial charge < -0.3 is 19.4 Å². The van der Waals surface area contributed by atoms with Crippen molar-refractivity contribution in [3.05, 3.63) is 68.9 Å². The molecule has 0 aliphatic heterocycles. The van der Waals surface area contributed by atoms with Crippen LogP contribution in [-0.2, 0) is 22.4 Å². The van der Waals surface area contributed by atoms with Crippen LogP contribution in [0.3, 0.4) is 0 Å². The predicted octanol–water partition coefficient (Wildman–Crippen LogP) is 5.38. The minimum absolute atomic E-state index is 0.0215. The molecule has 8 heteroatoms. The zero-order valence-electron chi connectivity index (χ0n) is 20.2. The van der Waals surface area contributed by atoms with Crippen LogP contribution in [0.5, 0.6) is 5.75 Å². The van der Waals surface area contributed by atoms with E-state index in [0.717, 1.165) is 53.2 Å². The highest BCUT2D eigenvalue weighted by Gasteiger charge is 2.28. The quantitative estimate of drug-likeness (QED) is 0.285. The number of anilines is 1. The predicted molar refractivity (Wildman–Crippen MR) is 136 cm³/mol. The molecule has 0 fully saturated rings. The Morgan fingerprint density at radius 1 is 1.17 bits per heavy atom. The molecule has 1 aromatic carbocycles. The van der Waals surface area contributed by atoms with Gasteiger partial charge in [0.1, 0.15) is 22.4 Å². The third-order valence-corrected chi connectivity index (χ3v) is 7.49. The van der Waals surface area contributed by atoms with Crippen LogP contribution in [0.25, 0.3) is 11.1 Å². The van der Waals surface area contributed by atoms with Gasteiger partial charge in [0, 0.05) is 28.0 Å². The normalized spacial score (nSPS) is 13.1. The number of aromatic nitrogens is 1. The first-order valence-corrected chi connectivity index (χ1v) is 12.2. The number of nitriles is 1. The van der Waals surface area contributed by atoms with Crippen molar-refractivity contribution in [2.75, 3.05) is 19.5 Å². The molecule has 0 radical (unpaired) electrons. The van der Waals surface area contributed by atoms with Crippen molar-refractivity contribution in [1.82, 2.24) is 4.57 Å². The van der Waals surface area contributed by atoms with E-state index in [4.69, 9.17) is 9.47 Å². The summed E-state index contributed by atoms with van der Waals surface area (Å²) in [5.74, 6) is -0.236. The number of nitrogens with zero attached hydrogens (tertiary/aromatic N) is 2. The number of benzene rings is 1. The lowest BCUT2D eigenvalue weighted by Crippen LogP contribution is -2.13. The van der Waals surface area contributed by atoms with Gasteiger partial charge in [-0.3, -0.25) is 4.79 Å². The number of esters is 1. The van der Waals surface area contributed by atoms with Crippen molar-refractivity contribution in [3.8, 4) is 16.8 Å². The molecule has 1 amide bonds. The van der Waals surface area contributed by atoms with Gasteiger partial charge in [0.05, 0.1) is 19.8 Å². The fraction of sp³-hybridized carbons (Fsp3) is 0.296. The topological polar surface area (TPSA) is 93.4 Å². The van der Waals surface area contributed by atoms with E-state index in [0.29, 0.717) is 17.0 Å². The summed E-state index contributed by atoms with van der Waals surface area (Å²) in [6, 6.07) is 10.9. The molecule has 0 saturated heterocycles. The Balaban J connectivity index is 1.72. The number of hydrogen-bond donors (Lipinski definition) is 1. The standard InChI is InChI=1S/C27H27N3O4S/c1-16-12-18(13-19(15-28)25(31)29-20-8-7-9-21(14-20)33-3)17(2)30(16)26-24(27(32)34-4)22-10-5-6-11-23(22)35-26/h7-9,12-14H,5-6,10-11H2,1-4H3,(H,29,31)/b19-13-. The van der Waals surface area contributed by atoms with Crippen molar-refractivity contribution in [2.45, 2.75) is 39.5 Å². The largest absolute Gasteiger partial charge is 0.497 e. The second-order valence-electron chi connectivity index (χ2n) is 8.40. The van der Waals surface area contributed by atoms with Crippen LogP contribution < -0.4 is 10.1 Å². The van der Waals surface area contributed by atoms with Crippen molar-refractivity contribution in [2.24, 2.45) is 0 Å². The van der Waals surface area contributed by atoms with Gasteiger partial charge >= 0.3 is 5.97 Å². The van der Waals surface area contributed by atoms with Crippen LogP contribution in [0.15, 0.2) is 35.9 Å². The molecule has 7 nitrogen and oxygen atoms in total. The maximum absolute atomic E-state index is 12.8. The SMILES string of the molecule is COC(=O)c1c(-n2c(C)cc(/C=C(/C#N)C(=O)Nc3cccc(OC)c3)c2C)sc2c1CCCC2. The number of fused-ring (bicyclic) bond motifs is 1. The first kappa shape index (κ1) is 24.3. The number of carbonyl (C=O) groups excluding carboxylic acids is 2. The molecule has 0 atom stereocenters. The van der Waals surface area contributed by atoms with Gasteiger partial charge in [-0.2, -0.15) is 5.26 Å². The fourth-order valence-corrected chi connectivity index (χ4v) is 5.96. The maximum atomic E-state index is 12.8. The molecule has 0 spiro atoms. The minimum atomic E-state index is -0.507. The first-order valence-electron chi connectivity index (χ1n) is 11.4. The van der Waals surface area contributed by atoms with E-state index in [1.165, 1.54) is 12.0 Å². The number of amides is 1. The van der Waals surface area contributed by atoms with E-state index < -0.39 is 5.91 Å². The highest BCUT2D eigenvalue weighted by Crippen LogP contribution is 2.39. The zero-order chi connectivity index (χ0) is 25.1. The molecule has 0 unspecified atom stereocenters. The first-order chi connectivity index (χ1) is 16.9. The summed E-state index contributed by atoms with van der Waals surface area (Å²) in [5, 5.41) is 13.3. The van der Waals surface area contributed by atoms with E-state index in [1.807, 2.05) is 30.6 Å². The van der Waals surface area contributed by atoms with Crippen LogP contribution in [-0.4, -0.2) is 30.7 Å². The Labute approximate surface area is 208 Å². The number of rotatable bonds is 6. The molecule has 0 bridgehead atoms. The molecule has 1 N–H and O–H groups in total. The molecule has 4 rings (SSSR count). The van der Waals surface area contributed by atoms with Crippen LogP contribution in [0.4, 0.5) is 5.69 Å². The summed E-state index contributed by atoms with van der Waals surface area (Å²) in [6.45, 7) is 3.88. The second kappa shape index (κ2) is 10.2. The average molecular weight is 490 g/mol. The van der Waals surface area contributed by atoms with Crippen molar-refractivity contribution in [3.63, 3.8) is 0 Å². The number of nitrogens with one attached hydrogen (secondary N) is 1. The summed E-state index contributed by atoms with van der Waals surface area (Å²) in [5.41, 5.74) is 4.71. The highest BCUT2D eigenvalue weighted by molar-refractivity contribution is 7.15. The number of methoxy groups -OCH3 is 2. The van der Waals surface area contributed by atoms with Crippen LogP contribution in [0, 0.1) is 25.2 Å². The number of carbonyl (C=O) groups is 2. The molecule has 2 heterocycles. The third-order valence-electron chi connectivity index (χ3n) is 6.21. The van der Waals surface area contributed by atoms with Crippen molar-refractivity contribution in [1.29, 1.82) is 5.26 Å².